The molecule has 1 unspecified atom stereocenters. The van der Waals surface area contributed by atoms with E-state index in [9.17, 15) is 10.1 Å². The van der Waals surface area contributed by atoms with Crippen LogP contribution < -0.4 is 5.32 Å². The molecule has 0 saturated carbocycles. The van der Waals surface area contributed by atoms with Gasteiger partial charge in [-0.2, -0.15) is 5.26 Å². The van der Waals surface area contributed by atoms with E-state index < -0.39 is 11.5 Å². The number of benzene rings is 2. The van der Waals surface area contributed by atoms with Crippen molar-refractivity contribution in [1.29, 1.82) is 5.26 Å². The number of amides is 1. The standard InChI is InChI=1S/C21H23N3O/c1-4-20(25)23-21(17-11-7-5-8-12-17,18-13-9-6-10-14-18)19(15-22)16-24(2)3/h4-14,19H,1,16H2,2-3H3,(H,23,25). The third-order valence-electron chi connectivity index (χ3n) is 4.19. The minimum absolute atomic E-state index is 0.313. The molecule has 2 aromatic rings. The molecule has 0 aliphatic carbocycles. The molecule has 0 aliphatic heterocycles. The van der Waals surface area contributed by atoms with Crippen molar-refractivity contribution in [3.63, 3.8) is 0 Å². The van der Waals surface area contributed by atoms with Crippen LogP contribution in [-0.2, 0) is 10.3 Å². The van der Waals surface area contributed by atoms with Crippen LogP contribution in [0.3, 0.4) is 0 Å². The third-order valence-corrected chi connectivity index (χ3v) is 4.19. The number of carbonyl (C=O) groups excluding carboxylic acids is 1. The van der Waals surface area contributed by atoms with Gasteiger partial charge in [0.05, 0.1) is 12.0 Å². The van der Waals surface area contributed by atoms with Crippen molar-refractivity contribution in [2.45, 2.75) is 5.54 Å². The Morgan fingerprint density at radius 3 is 2.00 bits per heavy atom. The Balaban J connectivity index is 2.75. The van der Waals surface area contributed by atoms with Crippen LogP contribution in [0.2, 0.25) is 0 Å². The van der Waals surface area contributed by atoms with Gasteiger partial charge in [0, 0.05) is 6.54 Å². The number of nitriles is 1. The van der Waals surface area contributed by atoms with Gasteiger partial charge in [-0.1, -0.05) is 67.2 Å². The van der Waals surface area contributed by atoms with Crippen molar-refractivity contribution in [3.8, 4) is 6.07 Å². The molecule has 2 aromatic carbocycles. The zero-order chi connectivity index (χ0) is 18.3. The summed E-state index contributed by atoms with van der Waals surface area (Å²) >= 11 is 0. The molecule has 0 radical (unpaired) electrons. The first-order valence-electron chi connectivity index (χ1n) is 8.14. The number of nitrogens with one attached hydrogen (secondary N) is 1. The van der Waals surface area contributed by atoms with Crippen molar-refractivity contribution in [1.82, 2.24) is 10.2 Å². The summed E-state index contributed by atoms with van der Waals surface area (Å²) in [5, 5.41) is 13.0. The summed E-state index contributed by atoms with van der Waals surface area (Å²) in [7, 11) is 3.83. The van der Waals surface area contributed by atoms with E-state index in [1.807, 2.05) is 79.7 Å². The van der Waals surface area contributed by atoms with E-state index in [1.54, 1.807) is 0 Å². The van der Waals surface area contributed by atoms with Crippen molar-refractivity contribution in [2.24, 2.45) is 5.92 Å². The Morgan fingerprint density at radius 1 is 1.16 bits per heavy atom. The Hall–Kier alpha value is -2.90. The van der Waals surface area contributed by atoms with Gasteiger partial charge >= 0.3 is 0 Å². The molecular weight excluding hydrogens is 310 g/mol. The molecule has 0 aromatic heterocycles. The van der Waals surface area contributed by atoms with Crippen LogP contribution in [0.1, 0.15) is 11.1 Å². The predicted molar refractivity (Wildman–Crippen MR) is 99.7 cm³/mol. The lowest BCUT2D eigenvalue weighted by atomic mass is 9.73. The molecular formula is C21H23N3O. The van der Waals surface area contributed by atoms with E-state index in [-0.39, 0.29) is 5.91 Å². The number of nitrogens with zero attached hydrogens (tertiary/aromatic N) is 2. The average molecular weight is 333 g/mol. The van der Waals surface area contributed by atoms with E-state index in [1.165, 1.54) is 6.08 Å². The quantitative estimate of drug-likeness (QED) is 0.793. The van der Waals surface area contributed by atoms with Crippen molar-refractivity contribution in [3.05, 3.63) is 84.4 Å². The molecule has 25 heavy (non-hydrogen) atoms. The maximum absolute atomic E-state index is 12.3. The summed E-state index contributed by atoms with van der Waals surface area (Å²) in [4.78, 5) is 14.3. The fraction of sp³-hybridized carbons (Fsp3) is 0.238. The maximum atomic E-state index is 12.3. The Kier molecular flexibility index (Phi) is 6.10. The van der Waals surface area contributed by atoms with Crippen molar-refractivity contribution in [2.75, 3.05) is 20.6 Å². The zero-order valence-electron chi connectivity index (χ0n) is 14.6. The fourth-order valence-corrected chi connectivity index (χ4v) is 3.09. The summed E-state index contributed by atoms with van der Waals surface area (Å²) in [6.45, 7) is 4.07. The van der Waals surface area contributed by atoms with Crippen LogP contribution >= 0.6 is 0 Å². The van der Waals surface area contributed by atoms with Gasteiger partial charge in [0.25, 0.3) is 0 Å². The summed E-state index contributed by atoms with van der Waals surface area (Å²) in [5.74, 6) is -0.803. The molecule has 0 fully saturated rings. The second kappa shape index (κ2) is 8.27. The number of hydrogen-bond donors (Lipinski definition) is 1. The SMILES string of the molecule is C=CC(=O)NC(c1ccccc1)(c1ccccc1)C(C#N)CN(C)C. The van der Waals surface area contributed by atoms with E-state index in [2.05, 4.69) is 18.0 Å². The molecule has 0 saturated heterocycles. The van der Waals surface area contributed by atoms with Gasteiger partial charge in [0.1, 0.15) is 5.54 Å². The fourth-order valence-electron chi connectivity index (χ4n) is 3.09. The number of carbonyl (C=O) groups is 1. The van der Waals surface area contributed by atoms with E-state index in [0.29, 0.717) is 6.54 Å². The van der Waals surface area contributed by atoms with Crippen molar-refractivity contribution < 1.29 is 4.79 Å². The topological polar surface area (TPSA) is 56.1 Å². The molecule has 1 amide bonds. The van der Waals surface area contributed by atoms with Crippen LogP contribution in [0.4, 0.5) is 0 Å². The number of rotatable bonds is 7. The van der Waals surface area contributed by atoms with Crippen LogP contribution in [-0.4, -0.2) is 31.4 Å². The molecule has 0 bridgehead atoms. The van der Waals surface area contributed by atoms with Crippen LogP contribution in [0.5, 0.6) is 0 Å². The summed E-state index contributed by atoms with van der Waals surface area (Å²) < 4.78 is 0. The van der Waals surface area contributed by atoms with E-state index >= 15 is 0 Å². The average Bonchev–Trinajstić information content (AvgIpc) is 2.65. The van der Waals surface area contributed by atoms with Gasteiger partial charge in [0.2, 0.25) is 5.91 Å². The summed E-state index contributed by atoms with van der Waals surface area (Å²) in [6, 6.07) is 21.7. The van der Waals surface area contributed by atoms with Crippen LogP contribution in [0.25, 0.3) is 0 Å². The highest BCUT2D eigenvalue weighted by molar-refractivity contribution is 5.88. The summed E-state index contributed by atoms with van der Waals surface area (Å²) in [5.41, 5.74) is 0.766. The zero-order valence-corrected chi connectivity index (χ0v) is 14.6. The molecule has 4 nitrogen and oxygen atoms in total. The van der Waals surface area contributed by atoms with Crippen LogP contribution in [0, 0.1) is 17.2 Å². The largest absolute Gasteiger partial charge is 0.338 e. The smallest absolute Gasteiger partial charge is 0.244 e. The Labute approximate surface area is 149 Å². The maximum Gasteiger partial charge on any atom is 0.244 e. The lowest BCUT2D eigenvalue weighted by Gasteiger charge is -2.40. The first kappa shape index (κ1) is 18.4. The van der Waals surface area contributed by atoms with E-state index in [0.717, 1.165) is 11.1 Å². The molecule has 128 valence electrons. The molecule has 0 aliphatic rings. The Morgan fingerprint density at radius 2 is 1.64 bits per heavy atom. The van der Waals surface area contributed by atoms with Gasteiger partial charge < -0.3 is 10.2 Å². The summed E-state index contributed by atoms with van der Waals surface area (Å²) in [6.07, 6.45) is 1.24. The van der Waals surface area contributed by atoms with Gasteiger partial charge in [0.15, 0.2) is 0 Å². The second-order valence-corrected chi connectivity index (χ2v) is 6.18. The highest BCUT2D eigenvalue weighted by Gasteiger charge is 2.43. The predicted octanol–water partition coefficient (Wildman–Crippen LogP) is 2.93. The monoisotopic (exact) mass is 333 g/mol. The van der Waals surface area contributed by atoms with Gasteiger partial charge in [-0.3, -0.25) is 4.79 Å². The van der Waals surface area contributed by atoms with Gasteiger partial charge in [-0.05, 0) is 31.3 Å². The molecule has 1 atom stereocenters. The van der Waals surface area contributed by atoms with Crippen molar-refractivity contribution >= 4 is 5.91 Å². The molecule has 4 heteroatoms. The van der Waals surface area contributed by atoms with Crippen LogP contribution in [0.15, 0.2) is 73.3 Å². The molecule has 1 N–H and O–H groups in total. The highest BCUT2D eigenvalue weighted by Crippen LogP contribution is 2.37. The second-order valence-electron chi connectivity index (χ2n) is 6.18. The van der Waals surface area contributed by atoms with Gasteiger partial charge in [-0.25, -0.2) is 0 Å². The lowest BCUT2D eigenvalue weighted by molar-refractivity contribution is -0.118. The molecule has 2 rings (SSSR count). The first-order valence-corrected chi connectivity index (χ1v) is 8.14. The van der Waals surface area contributed by atoms with Gasteiger partial charge in [-0.15, -0.1) is 0 Å². The molecule has 0 spiro atoms. The first-order chi connectivity index (χ1) is 12.0. The van der Waals surface area contributed by atoms with E-state index in [4.69, 9.17) is 0 Å². The lowest BCUT2D eigenvalue weighted by Crippen LogP contribution is -2.53. The molecule has 0 heterocycles. The Bertz CT molecular complexity index is 708. The normalized spacial score (nSPS) is 12.2. The third kappa shape index (κ3) is 3.96. The minimum atomic E-state index is -0.965. The highest BCUT2D eigenvalue weighted by atomic mass is 16.1. The minimum Gasteiger partial charge on any atom is -0.338 e. The number of hydrogen-bond acceptors (Lipinski definition) is 3.